The Bertz CT molecular complexity index is 322. The molecule has 0 radical (unpaired) electrons. The molecule has 2 rings (SSSR count). The van der Waals surface area contributed by atoms with E-state index in [4.69, 9.17) is 4.74 Å². The van der Waals surface area contributed by atoms with E-state index in [0.29, 0.717) is 6.42 Å². The van der Waals surface area contributed by atoms with Crippen molar-refractivity contribution < 1.29 is 13.2 Å². The molecule has 0 spiro atoms. The lowest BCUT2D eigenvalue weighted by molar-refractivity contribution is -0.0146. The maximum absolute atomic E-state index is 11.8. The van der Waals surface area contributed by atoms with Gasteiger partial charge in [0.15, 0.2) is 9.84 Å². The van der Waals surface area contributed by atoms with E-state index in [-0.39, 0.29) is 22.2 Å². The molecule has 2 atom stereocenters. The molecule has 3 nitrogen and oxygen atoms in total. The van der Waals surface area contributed by atoms with Crippen LogP contribution in [0.1, 0.15) is 40.0 Å². The summed E-state index contributed by atoms with van der Waals surface area (Å²) in [6.07, 6.45) is 2.39. The van der Waals surface area contributed by atoms with Crippen LogP contribution in [0, 0.1) is 0 Å². The third-order valence-corrected chi connectivity index (χ3v) is 5.33. The summed E-state index contributed by atoms with van der Waals surface area (Å²) in [5.74, 6) is 0. The molecule has 4 heteroatoms. The van der Waals surface area contributed by atoms with E-state index in [9.17, 15) is 8.42 Å². The number of hydrogen-bond donors (Lipinski definition) is 0. The SMILES string of the molecule is CC(C)(C)O[C@H]1C[C@H]1S(=O)(=O)C1CC1. The summed E-state index contributed by atoms with van der Waals surface area (Å²) in [4.78, 5) is 0. The molecule has 14 heavy (non-hydrogen) atoms. The summed E-state index contributed by atoms with van der Waals surface area (Å²) in [6, 6.07) is 0. The van der Waals surface area contributed by atoms with Gasteiger partial charge in [-0.1, -0.05) is 0 Å². The number of rotatable bonds is 3. The van der Waals surface area contributed by atoms with Crippen molar-refractivity contribution in [2.75, 3.05) is 0 Å². The standard InChI is InChI=1S/C10H18O3S/c1-10(2,3)13-8-6-9(8)14(11,12)7-4-5-7/h7-9H,4-6H2,1-3H3/t8-,9+/m0/s1. The van der Waals surface area contributed by atoms with Crippen LogP contribution in [0.3, 0.4) is 0 Å². The molecular weight excluding hydrogens is 200 g/mol. The monoisotopic (exact) mass is 218 g/mol. The van der Waals surface area contributed by atoms with E-state index in [1.54, 1.807) is 0 Å². The predicted octanol–water partition coefficient (Wildman–Crippen LogP) is 1.52. The number of sulfone groups is 1. The van der Waals surface area contributed by atoms with E-state index < -0.39 is 9.84 Å². The van der Waals surface area contributed by atoms with Crippen molar-refractivity contribution in [3.05, 3.63) is 0 Å². The molecule has 0 bridgehead atoms. The van der Waals surface area contributed by atoms with Crippen molar-refractivity contribution in [2.24, 2.45) is 0 Å². The Morgan fingerprint density at radius 1 is 1.21 bits per heavy atom. The van der Waals surface area contributed by atoms with Gasteiger partial charge in [0.1, 0.15) is 0 Å². The zero-order valence-corrected chi connectivity index (χ0v) is 9.80. The molecule has 0 aromatic carbocycles. The van der Waals surface area contributed by atoms with E-state index in [1.807, 2.05) is 20.8 Å². The fourth-order valence-electron chi connectivity index (χ4n) is 1.72. The first-order valence-electron chi connectivity index (χ1n) is 5.21. The summed E-state index contributed by atoms with van der Waals surface area (Å²) in [5, 5.41) is -0.240. The summed E-state index contributed by atoms with van der Waals surface area (Å²) in [6.45, 7) is 5.89. The quantitative estimate of drug-likeness (QED) is 0.721. The minimum atomic E-state index is -2.84. The normalized spacial score (nSPS) is 33.1. The fourth-order valence-corrected chi connectivity index (χ4v) is 3.94. The third-order valence-electron chi connectivity index (χ3n) is 2.59. The van der Waals surface area contributed by atoms with Crippen LogP contribution in [0.15, 0.2) is 0 Å². The van der Waals surface area contributed by atoms with Crippen molar-refractivity contribution in [3.8, 4) is 0 Å². The van der Waals surface area contributed by atoms with Crippen LogP contribution in [-0.2, 0) is 14.6 Å². The summed E-state index contributed by atoms with van der Waals surface area (Å²) in [5.41, 5.74) is -0.224. The van der Waals surface area contributed by atoms with Crippen molar-refractivity contribution in [1.82, 2.24) is 0 Å². The summed E-state index contributed by atoms with van der Waals surface area (Å²) >= 11 is 0. The van der Waals surface area contributed by atoms with E-state index in [0.717, 1.165) is 12.8 Å². The molecule has 0 heterocycles. The molecule has 0 aliphatic heterocycles. The highest BCUT2D eigenvalue weighted by Crippen LogP contribution is 2.43. The lowest BCUT2D eigenvalue weighted by atomic mass is 10.2. The van der Waals surface area contributed by atoms with Gasteiger partial charge in [0.05, 0.1) is 22.2 Å². The zero-order chi connectivity index (χ0) is 10.6. The van der Waals surface area contributed by atoms with E-state index >= 15 is 0 Å². The summed E-state index contributed by atoms with van der Waals surface area (Å²) < 4.78 is 29.2. The van der Waals surface area contributed by atoms with Gasteiger partial charge in [-0.15, -0.1) is 0 Å². The maximum atomic E-state index is 11.8. The third kappa shape index (κ3) is 2.11. The molecule has 2 aliphatic carbocycles. The first-order chi connectivity index (χ1) is 6.31. The molecule has 82 valence electrons. The Kier molecular flexibility index (Phi) is 2.20. The van der Waals surface area contributed by atoms with Crippen molar-refractivity contribution in [1.29, 1.82) is 0 Å². The van der Waals surface area contributed by atoms with Gasteiger partial charge in [0.2, 0.25) is 0 Å². The van der Waals surface area contributed by atoms with Crippen LogP contribution in [0.4, 0.5) is 0 Å². The Morgan fingerprint density at radius 2 is 1.79 bits per heavy atom. The Morgan fingerprint density at radius 3 is 2.21 bits per heavy atom. The predicted molar refractivity (Wildman–Crippen MR) is 55.0 cm³/mol. The Labute approximate surface area is 85.8 Å². The number of ether oxygens (including phenoxy) is 1. The van der Waals surface area contributed by atoms with E-state index in [2.05, 4.69) is 0 Å². The molecule has 2 aliphatic rings. The van der Waals surface area contributed by atoms with Gasteiger partial charge < -0.3 is 4.74 Å². The van der Waals surface area contributed by atoms with Gasteiger partial charge in [-0.3, -0.25) is 0 Å². The minimum absolute atomic E-state index is 0.0407. The van der Waals surface area contributed by atoms with Crippen LogP contribution in [0.25, 0.3) is 0 Å². The lowest BCUT2D eigenvalue weighted by Crippen LogP contribution is -2.24. The molecule has 0 amide bonds. The largest absolute Gasteiger partial charge is 0.371 e. The highest BCUT2D eigenvalue weighted by atomic mass is 32.2. The maximum Gasteiger partial charge on any atom is 0.158 e. The van der Waals surface area contributed by atoms with Gasteiger partial charge >= 0.3 is 0 Å². The Balaban J connectivity index is 1.93. The topological polar surface area (TPSA) is 43.4 Å². The van der Waals surface area contributed by atoms with Crippen LogP contribution in [0.5, 0.6) is 0 Å². The fraction of sp³-hybridized carbons (Fsp3) is 1.00. The molecule has 0 unspecified atom stereocenters. The molecule has 2 saturated carbocycles. The second-order valence-corrected chi connectivity index (χ2v) is 7.78. The van der Waals surface area contributed by atoms with Crippen LogP contribution >= 0.6 is 0 Å². The molecule has 0 aromatic heterocycles. The molecule has 0 aromatic rings. The van der Waals surface area contributed by atoms with Gasteiger partial charge in [-0.25, -0.2) is 8.42 Å². The Hall–Kier alpha value is -0.0900. The second-order valence-electron chi connectivity index (χ2n) is 5.33. The van der Waals surface area contributed by atoms with E-state index in [1.165, 1.54) is 0 Å². The summed E-state index contributed by atoms with van der Waals surface area (Å²) in [7, 11) is -2.84. The molecule has 0 N–H and O–H groups in total. The van der Waals surface area contributed by atoms with Gasteiger partial charge in [0, 0.05) is 0 Å². The smallest absolute Gasteiger partial charge is 0.158 e. The molecule has 2 fully saturated rings. The van der Waals surface area contributed by atoms with Crippen LogP contribution in [-0.4, -0.2) is 30.6 Å². The highest BCUT2D eigenvalue weighted by molar-refractivity contribution is 7.93. The average molecular weight is 218 g/mol. The van der Waals surface area contributed by atoms with Gasteiger partial charge in [0.25, 0.3) is 0 Å². The van der Waals surface area contributed by atoms with Crippen molar-refractivity contribution >= 4 is 9.84 Å². The van der Waals surface area contributed by atoms with Gasteiger partial charge in [-0.05, 0) is 40.0 Å². The average Bonchev–Trinajstić information content (AvgIpc) is 2.76. The molecule has 0 saturated heterocycles. The molecular formula is C10H18O3S. The number of hydrogen-bond acceptors (Lipinski definition) is 3. The first-order valence-corrected chi connectivity index (χ1v) is 6.82. The first kappa shape index (κ1) is 10.4. The lowest BCUT2D eigenvalue weighted by Gasteiger charge is -2.19. The highest BCUT2D eigenvalue weighted by Gasteiger charge is 2.54. The second kappa shape index (κ2) is 2.95. The van der Waals surface area contributed by atoms with Crippen molar-refractivity contribution in [2.45, 2.75) is 62.2 Å². The van der Waals surface area contributed by atoms with Crippen LogP contribution < -0.4 is 0 Å². The zero-order valence-electron chi connectivity index (χ0n) is 8.99. The minimum Gasteiger partial charge on any atom is -0.371 e. The van der Waals surface area contributed by atoms with Crippen molar-refractivity contribution in [3.63, 3.8) is 0 Å². The van der Waals surface area contributed by atoms with Crippen LogP contribution in [0.2, 0.25) is 0 Å². The van der Waals surface area contributed by atoms with Gasteiger partial charge in [-0.2, -0.15) is 0 Å².